The third kappa shape index (κ3) is 5.87. The molecule has 37 heavy (non-hydrogen) atoms. The highest BCUT2D eigenvalue weighted by molar-refractivity contribution is 6.00. The second kappa shape index (κ2) is 11.2. The molecule has 1 heterocycles. The minimum absolute atomic E-state index is 0.321. The summed E-state index contributed by atoms with van der Waals surface area (Å²) < 4.78 is 12.5. The van der Waals surface area contributed by atoms with Crippen molar-refractivity contribution in [1.82, 2.24) is 9.88 Å². The summed E-state index contributed by atoms with van der Waals surface area (Å²) in [4.78, 5) is 36.9. The van der Waals surface area contributed by atoms with Gasteiger partial charge >= 0.3 is 12.1 Å². The first kappa shape index (κ1) is 26.5. The highest BCUT2D eigenvalue weighted by atomic mass is 16.6. The maximum Gasteiger partial charge on any atom is 0.407 e. The van der Waals surface area contributed by atoms with Crippen molar-refractivity contribution in [2.45, 2.75) is 70.9 Å². The topological polar surface area (TPSA) is 86.6 Å². The van der Waals surface area contributed by atoms with Crippen LogP contribution in [0.1, 0.15) is 85.1 Å². The quantitative estimate of drug-likeness (QED) is 0.294. The molecule has 1 N–H and O–H groups in total. The van der Waals surface area contributed by atoms with Crippen molar-refractivity contribution < 1.29 is 23.9 Å². The lowest BCUT2D eigenvalue weighted by Gasteiger charge is -2.24. The maximum atomic E-state index is 12.4. The van der Waals surface area contributed by atoms with Gasteiger partial charge in [0.1, 0.15) is 5.60 Å². The van der Waals surface area contributed by atoms with Crippen molar-refractivity contribution >= 4 is 29.3 Å². The number of benzene rings is 2. The first-order chi connectivity index (χ1) is 17.7. The molecular weight excluding hydrogens is 468 g/mol. The molecule has 1 fully saturated rings. The molecule has 1 amide bonds. The van der Waals surface area contributed by atoms with Crippen LogP contribution in [0.5, 0.6) is 0 Å². The normalized spacial score (nSPS) is 14.4. The standard InChI is InChI=1S/C30H36N2O5/c1-30(2,3)37-29(35)31-16-17-32-25-18-21(28(34)36-4)14-15-24(25)26(20-10-6-5-7-11-20)27(32)23-13-9-8-12-22(23)19-33/h8-9,12-15,18-20H,5-7,10-11,16-17H2,1-4H3,(H,31,35). The molecule has 7 nitrogen and oxygen atoms in total. The molecule has 0 saturated heterocycles. The number of aromatic nitrogens is 1. The van der Waals surface area contributed by atoms with Crippen LogP contribution in [0.3, 0.4) is 0 Å². The number of esters is 1. The molecule has 4 rings (SSSR count). The van der Waals surface area contributed by atoms with Gasteiger partial charge in [0.25, 0.3) is 0 Å². The van der Waals surface area contributed by atoms with Gasteiger partial charge in [0.05, 0.1) is 18.4 Å². The van der Waals surface area contributed by atoms with E-state index in [1.54, 1.807) is 6.07 Å². The van der Waals surface area contributed by atoms with E-state index in [1.807, 2.05) is 57.2 Å². The van der Waals surface area contributed by atoms with E-state index in [2.05, 4.69) is 9.88 Å². The highest BCUT2D eigenvalue weighted by Crippen LogP contribution is 2.44. The minimum atomic E-state index is -0.595. The van der Waals surface area contributed by atoms with E-state index in [4.69, 9.17) is 9.47 Å². The predicted molar refractivity (Wildman–Crippen MR) is 144 cm³/mol. The smallest absolute Gasteiger partial charge is 0.407 e. The zero-order valence-corrected chi connectivity index (χ0v) is 22.1. The van der Waals surface area contributed by atoms with Gasteiger partial charge in [-0.1, -0.05) is 49.6 Å². The van der Waals surface area contributed by atoms with E-state index < -0.39 is 17.7 Å². The molecule has 196 valence electrons. The summed E-state index contributed by atoms with van der Waals surface area (Å²) in [5.41, 5.74) is 4.38. The SMILES string of the molecule is COC(=O)c1ccc2c(C3CCCCC3)c(-c3ccccc3C=O)n(CCNC(=O)OC(C)(C)C)c2c1. The molecule has 7 heteroatoms. The van der Waals surface area contributed by atoms with Crippen molar-refractivity contribution in [3.05, 3.63) is 59.2 Å². The van der Waals surface area contributed by atoms with Crippen molar-refractivity contribution in [3.63, 3.8) is 0 Å². The summed E-state index contributed by atoms with van der Waals surface area (Å²) in [6.07, 6.45) is 6.09. The monoisotopic (exact) mass is 504 g/mol. The fourth-order valence-corrected chi connectivity index (χ4v) is 5.35. The minimum Gasteiger partial charge on any atom is -0.465 e. The third-order valence-corrected chi connectivity index (χ3v) is 6.88. The largest absolute Gasteiger partial charge is 0.465 e. The van der Waals surface area contributed by atoms with Crippen molar-refractivity contribution in [3.8, 4) is 11.3 Å². The van der Waals surface area contributed by atoms with Crippen molar-refractivity contribution in [2.24, 2.45) is 0 Å². The van der Waals surface area contributed by atoms with Crippen LogP contribution in [0, 0.1) is 0 Å². The number of amides is 1. The first-order valence-electron chi connectivity index (χ1n) is 13.0. The van der Waals surface area contributed by atoms with E-state index in [-0.39, 0.29) is 0 Å². The number of ether oxygens (including phenoxy) is 2. The Labute approximate surface area is 218 Å². The average molecular weight is 505 g/mol. The predicted octanol–water partition coefficient (Wildman–Crippen LogP) is 6.48. The van der Waals surface area contributed by atoms with Crippen molar-refractivity contribution in [2.75, 3.05) is 13.7 Å². The molecular formula is C30H36N2O5. The Balaban J connectivity index is 1.89. The first-order valence-corrected chi connectivity index (χ1v) is 13.0. The van der Waals surface area contributed by atoms with E-state index in [0.717, 1.165) is 54.1 Å². The van der Waals surface area contributed by atoms with Gasteiger partial charge in [0.15, 0.2) is 6.29 Å². The number of methoxy groups -OCH3 is 1. The zero-order chi connectivity index (χ0) is 26.6. The van der Waals surface area contributed by atoms with Crippen LogP contribution in [0.4, 0.5) is 4.79 Å². The molecule has 1 aromatic heterocycles. The summed E-state index contributed by atoms with van der Waals surface area (Å²) in [7, 11) is 1.37. The van der Waals surface area contributed by atoms with Gasteiger partial charge in [-0.2, -0.15) is 0 Å². The Bertz CT molecular complexity index is 1300. The Morgan fingerprint density at radius 1 is 1.08 bits per heavy atom. The molecule has 0 radical (unpaired) electrons. The fourth-order valence-electron chi connectivity index (χ4n) is 5.35. The number of carbonyl (C=O) groups is 3. The van der Waals surface area contributed by atoms with Gasteiger partial charge < -0.3 is 19.4 Å². The molecule has 1 aliphatic carbocycles. The number of aldehydes is 1. The summed E-state index contributed by atoms with van der Waals surface area (Å²) >= 11 is 0. The fraction of sp³-hybridized carbons (Fsp3) is 0.433. The third-order valence-electron chi connectivity index (χ3n) is 6.88. The molecule has 1 aliphatic rings. The zero-order valence-electron chi connectivity index (χ0n) is 22.1. The van der Waals surface area contributed by atoms with Crippen LogP contribution in [0.15, 0.2) is 42.5 Å². The molecule has 3 aromatic rings. The number of alkyl carbamates (subject to hydrolysis) is 1. The molecule has 0 atom stereocenters. The van der Waals surface area contributed by atoms with Crippen LogP contribution in [0.2, 0.25) is 0 Å². The summed E-state index contributed by atoms with van der Waals surface area (Å²) in [5.74, 6) is -0.0643. The van der Waals surface area contributed by atoms with E-state index in [1.165, 1.54) is 19.1 Å². The van der Waals surface area contributed by atoms with Gasteiger partial charge in [0.2, 0.25) is 0 Å². The molecule has 0 bridgehead atoms. The van der Waals surface area contributed by atoms with E-state index >= 15 is 0 Å². The van der Waals surface area contributed by atoms with E-state index in [0.29, 0.717) is 30.1 Å². The number of nitrogens with one attached hydrogen (secondary N) is 1. The van der Waals surface area contributed by atoms with Gasteiger partial charge in [-0.15, -0.1) is 0 Å². The lowest BCUT2D eigenvalue weighted by atomic mass is 9.81. The second-order valence-electron chi connectivity index (χ2n) is 10.6. The van der Waals surface area contributed by atoms with Gasteiger partial charge in [-0.05, 0) is 57.2 Å². The number of carbonyl (C=O) groups excluding carboxylic acids is 3. The Morgan fingerprint density at radius 2 is 1.81 bits per heavy atom. The molecule has 0 spiro atoms. The molecule has 2 aromatic carbocycles. The number of hydrogen-bond donors (Lipinski definition) is 1. The summed E-state index contributed by atoms with van der Waals surface area (Å²) in [5, 5.41) is 3.92. The summed E-state index contributed by atoms with van der Waals surface area (Å²) in [6.45, 7) is 6.24. The number of fused-ring (bicyclic) bond motifs is 1. The van der Waals surface area contributed by atoms with Crippen molar-refractivity contribution in [1.29, 1.82) is 0 Å². The van der Waals surface area contributed by atoms with Crippen LogP contribution in [-0.4, -0.2) is 42.2 Å². The van der Waals surface area contributed by atoms with Gasteiger partial charge in [0, 0.05) is 35.1 Å². The van der Waals surface area contributed by atoms with Crippen LogP contribution in [-0.2, 0) is 16.0 Å². The Kier molecular flexibility index (Phi) is 8.00. The Hall–Kier alpha value is -3.61. The lowest BCUT2D eigenvalue weighted by Crippen LogP contribution is -2.34. The second-order valence-corrected chi connectivity index (χ2v) is 10.6. The maximum absolute atomic E-state index is 12.4. The highest BCUT2D eigenvalue weighted by Gasteiger charge is 2.28. The Morgan fingerprint density at radius 3 is 2.49 bits per heavy atom. The molecule has 0 aliphatic heterocycles. The number of nitrogens with zero attached hydrogens (tertiary/aromatic N) is 1. The molecule has 1 saturated carbocycles. The average Bonchev–Trinajstić information content (AvgIpc) is 3.20. The lowest BCUT2D eigenvalue weighted by molar-refractivity contribution is 0.0525. The van der Waals surface area contributed by atoms with Crippen LogP contribution in [0.25, 0.3) is 22.2 Å². The number of rotatable bonds is 7. The van der Waals surface area contributed by atoms with E-state index in [9.17, 15) is 14.4 Å². The van der Waals surface area contributed by atoms with Crippen LogP contribution >= 0.6 is 0 Å². The number of hydrogen-bond acceptors (Lipinski definition) is 5. The van der Waals surface area contributed by atoms with Crippen LogP contribution < -0.4 is 5.32 Å². The summed E-state index contributed by atoms with van der Waals surface area (Å²) in [6, 6.07) is 13.3. The van der Waals surface area contributed by atoms with Gasteiger partial charge in [-0.3, -0.25) is 4.79 Å². The van der Waals surface area contributed by atoms with Gasteiger partial charge in [-0.25, -0.2) is 9.59 Å². The molecule has 0 unspecified atom stereocenters.